The number of imidazole rings is 1. The first-order chi connectivity index (χ1) is 12.0. The fourth-order valence-electron chi connectivity index (χ4n) is 2.86. The zero-order valence-corrected chi connectivity index (χ0v) is 14.0. The largest absolute Gasteiger partial charge is 0.354 e. The highest BCUT2D eigenvalue weighted by Crippen LogP contribution is 2.10. The third-order valence-corrected chi connectivity index (χ3v) is 4.22. The molecule has 6 heteroatoms. The number of carbonyl (C=O) groups is 1. The van der Waals surface area contributed by atoms with Crippen LogP contribution < -0.4 is 11.0 Å². The lowest BCUT2D eigenvalue weighted by atomic mass is 10.0. The minimum Gasteiger partial charge on any atom is -0.354 e. The van der Waals surface area contributed by atoms with Crippen LogP contribution in [0.15, 0.2) is 53.3 Å². The number of aromatic nitrogens is 2. The van der Waals surface area contributed by atoms with E-state index in [0.29, 0.717) is 19.5 Å². The Bertz CT molecular complexity index is 928. The van der Waals surface area contributed by atoms with Gasteiger partial charge >= 0.3 is 5.69 Å². The second kappa shape index (κ2) is 7.34. The average molecular weight is 341 g/mol. The van der Waals surface area contributed by atoms with Gasteiger partial charge in [-0.1, -0.05) is 31.2 Å². The van der Waals surface area contributed by atoms with Gasteiger partial charge in [0.2, 0.25) is 5.91 Å². The molecule has 2 N–H and O–H groups in total. The molecule has 1 unspecified atom stereocenters. The molecular weight excluding hydrogens is 321 g/mol. The SMILES string of the molecule is CC(Cc1ccc(F)cc1)C(=O)NCCn1c(=O)[nH]c2ccccc21. The van der Waals surface area contributed by atoms with E-state index in [1.54, 1.807) is 16.7 Å². The van der Waals surface area contributed by atoms with Crippen LogP contribution in [-0.4, -0.2) is 22.0 Å². The number of fused-ring (bicyclic) bond motifs is 1. The van der Waals surface area contributed by atoms with Crippen molar-refractivity contribution in [1.82, 2.24) is 14.9 Å². The van der Waals surface area contributed by atoms with Crippen LogP contribution in [0.25, 0.3) is 11.0 Å². The summed E-state index contributed by atoms with van der Waals surface area (Å²) in [5.41, 5.74) is 2.33. The van der Waals surface area contributed by atoms with Gasteiger partial charge in [-0.3, -0.25) is 9.36 Å². The van der Waals surface area contributed by atoms with Gasteiger partial charge < -0.3 is 10.3 Å². The highest BCUT2D eigenvalue weighted by molar-refractivity contribution is 5.78. The third-order valence-electron chi connectivity index (χ3n) is 4.22. The summed E-state index contributed by atoms with van der Waals surface area (Å²) in [4.78, 5) is 27.0. The number of amides is 1. The molecule has 0 saturated carbocycles. The second-order valence-corrected chi connectivity index (χ2v) is 6.12. The summed E-state index contributed by atoms with van der Waals surface area (Å²) in [6, 6.07) is 13.6. The molecule has 2 aromatic carbocycles. The second-order valence-electron chi connectivity index (χ2n) is 6.12. The van der Waals surface area contributed by atoms with Crippen molar-refractivity contribution in [1.29, 1.82) is 0 Å². The zero-order chi connectivity index (χ0) is 17.8. The Morgan fingerprint density at radius 1 is 1.20 bits per heavy atom. The summed E-state index contributed by atoms with van der Waals surface area (Å²) < 4.78 is 14.5. The first kappa shape index (κ1) is 17.0. The zero-order valence-electron chi connectivity index (χ0n) is 14.0. The summed E-state index contributed by atoms with van der Waals surface area (Å²) in [7, 11) is 0. The van der Waals surface area contributed by atoms with E-state index in [2.05, 4.69) is 10.3 Å². The number of nitrogens with one attached hydrogen (secondary N) is 2. The lowest BCUT2D eigenvalue weighted by Gasteiger charge is -2.12. The van der Waals surface area contributed by atoms with Crippen molar-refractivity contribution in [3.05, 3.63) is 70.4 Å². The molecule has 0 radical (unpaired) electrons. The molecule has 1 heterocycles. The highest BCUT2D eigenvalue weighted by Gasteiger charge is 2.13. The molecule has 1 amide bonds. The molecule has 0 aliphatic rings. The lowest BCUT2D eigenvalue weighted by Crippen LogP contribution is -2.34. The van der Waals surface area contributed by atoms with Gasteiger partial charge in [0.1, 0.15) is 5.82 Å². The molecule has 25 heavy (non-hydrogen) atoms. The Balaban J connectivity index is 1.56. The standard InChI is InChI=1S/C19H20FN3O2/c1-13(12-14-6-8-15(20)9-7-14)18(24)21-10-11-23-17-5-3-2-4-16(17)22-19(23)25/h2-9,13H,10-12H2,1H3,(H,21,24)(H,22,25). The first-order valence-electron chi connectivity index (χ1n) is 8.24. The van der Waals surface area contributed by atoms with Crippen molar-refractivity contribution in [2.45, 2.75) is 19.9 Å². The third kappa shape index (κ3) is 3.96. The van der Waals surface area contributed by atoms with E-state index in [-0.39, 0.29) is 23.3 Å². The Kier molecular flexibility index (Phi) is 4.97. The average Bonchev–Trinajstić information content (AvgIpc) is 2.92. The molecule has 0 spiro atoms. The van der Waals surface area contributed by atoms with Crippen molar-refractivity contribution in [3.8, 4) is 0 Å². The number of hydrogen-bond acceptors (Lipinski definition) is 2. The Hall–Kier alpha value is -2.89. The van der Waals surface area contributed by atoms with Crippen LogP contribution in [0.5, 0.6) is 0 Å². The fourth-order valence-corrected chi connectivity index (χ4v) is 2.86. The van der Waals surface area contributed by atoms with E-state index < -0.39 is 0 Å². The molecule has 3 aromatic rings. The molecule has 0 aliphatic heterocycles. The molecule has 0 saturated heterocycles. The lowest BCUT2D eigenvalue weighted by molar-refractivity contribution is -0.124. The van der Waals surface area contributed by atoms with Crippen molar-refractivity contribution in [2.24, 2.45) is 5.92 Å². The van der Waals surface area contributed by atoms with E-state index in [9.17, 15) is 14.0 Å². The minimum absolute atomic E-state index is 0.0859. The van der Waals surface area contributed by atoms with E-state index in [4.69, 9.17) is 0 Å². The number of nitrogens with zero attached hydrogens (tertiary/aromatic N) is 1. The highest BCUT2D eigenvalue weighted by atomic mass is 19.1. The number of para-hydroxylation sites is 2. The smallest absolute Gasteiger partial charge is 0.326 e. The van der Waals surface area contributed by atoms with Crippen LogP contribution in [0.2, 0.25) is 0 Å². The molecule has 0 bridgehead atoms. The van der Waals surface area contributed by atoms with Crippen molar-refractivity contribution >= 4 is 16.9 Å². The van der Waals surface area contributed by atoms with Crippen LogP contribution in [0.4, 0.5) is 4.39 Å². The summed E-state index contributed by atoms with van der Waals surface area (Å²) in [5.74, 6) is -0.604. The molecule has 3 rings (SSSR count). The predicted octanol–water partition coefficient (Wildman–Crippen LogP) is 2.46. The van der Waals surface area contributed by atoms with Gasteiger partial charge in [0.05, 0.1) is 11.0 Å². The number of aromatic amines is 1. The Morgan fingerprint density at radius 2 is 1.92 bits per heavy atom. The quantitative estimate of drug-likeness (QED) is 0.723. The number of H-pyrrole nitrogens is 1. The van der Waals surface area contributed by atoms with Gasteiger partial charge in [0, 0.05) is 19.0 Å². The maximum absolute atomic E-state index is 12.9. The molecule has 5 nitrogen and oxygen atoms in total. The van der Waals surface area contributed by atoms with Crippen LogP contribution in [0.3, 0.4) is 0 Å². The number of halogens is 1. The van der Waals surface area contributed by atoms with Gasteiger partial charge in [-0.2, -0.15) is 0 Å². The van der Waals surface area contributed by atoms with Gasteiger partial charge in [-0.25, -0.2) is 9.18 Å². The number of hydrogen-bond donors (Lipinski definition) is 2. The summed E-state index contributed by atoms with van der Waals surface area (Å²) in [5, 5.41) is 2.86. The predicted molar refractivity (Wildman–Crippen MR) is 94.8 cm³/mol. The summed E-state index contributed by atoms with van der Waals surface area (Å²) in [6.07, 6.45) is 0.541. The van der Waals surface area contributed by atoms with Gasteiger partial charge in [0.15, 0.2) is 0 Å². The van der Waals surface area contributed by atoms with Crippen molar-refractivity contribution < 1.29 is 9.18 Å². The molecule has 1 aromatic heterocycles. The van der Waals surface area contributed by atoms with Crippen LogP contribution in [0.1, 0.15) is 12.5 Å². The van der Waals surface area contributed by atoms with E-state index in [1.807, 2.05) is 31.2 Å². The monoisotopic (exact) mass is 341 g/mol. The minimum atomic E-state index is -0.287. The van der Waals surface area contributed by atoms with Gasteiger partial charge in [-0.15, -0.1) is 0 Å². The molecule has 0 aliphatic carbocycles. The number of rotatable bonds is 6. The van der Waals surface area contributed by atoms with E-state index in [0.717, 1.165) is 16.6 Å². The first-order valence-corrected chi connectivity index (χ1v) is 8.24. The number of benzene rings is 2. The van der Waals surface area contributed by atoms with Gasteiger partial charge in [0.25, 0.3) is 0 Å². The fraction of sp³-hybridized carbons (Fsp3) is 0.263. The van der Waals surface area contributed by atoms with Crippen molar-refractivity contribution in [3.63, 3.8) is 0 Å². The van der Waals surface area contributed by atoms with Crippen LogP contribution in [-0.2, 0) is 17.8 Å². The molecule has 0 fully saturated rings. The van der Waals surface area contributed by atoms with E-state index >= 15 is 0 Å². The normalized spacial score (nSPS) is 12.2. The molecule has 1 atom stereocenters. The molecule has 130 valence electrons. The topological polar surface area (TPSA) is 66.9 Å². The molecular formula is C19H20FN3O2. The van der Waals surface area contributed by atoms with E-state index in [1.165, 1.54) is 12.1 Å². The Labute approximate surface area is 144 Å². The summed E-state index contributed by atoms with van der Waals surface area (Å²) >= 11 is 0. The Morgan fingerprint density at radius 3 is 2.68 bits per heavy atom. The summed E-state index contributed by atoms with van der Waals surface area (Å²) in [6.45, 7) is 2.60. The van der Waals surface area contributed by atoms with Crippen LogP contribution in [0, 0.1) is 11.7 Å². The van der Waals surface area contributed by atoms with Crippen molar-refractivity contribution in [2.75, 3.05) is 6.54 Å². The number of carbonyl (C=O) groups excluding carboxylic acids is 1. The van der Waals surface area contributed by atoms with Gasteiger partial charge in [-0.05, 0) is 36.2 Å². The maximum Gasteiger partial charge on any atom is 0.326 e. The maximum atomic E-state index is 12.9. The van der Waals surface area contributed by atoms with Crippen LogP contribution >= 0.6 is 0 Å².